The maximum absolute atomic E-state index is 12.9. The summed E-state index contributed by atoms with van der Waals surface area (Å²) in [5, 5.41) is 0. The second-order valence-corrected chi connectivity index (χ2v) is 7.78. The van der Waals surface area contributed by atoms with Crippen LogP contribution in [0.5, 0.6) is 5.75 Å². The SMILES string of the molecule is O=C(COc1ccc(C(=O)N2CCOC(c3ccccc3)C2)cc1)N1CCCCC1. The lowest BCUT2D eigenvalue weighted by molar-refractivity contribution is -0.134. The topological polar surface area (TPSA) is 59.1 Å². The first-order valence-electron chi connectivity index (χ1n) is 10.7. The van der Waals surface area contributed by atoms with Crippen LogP contribution in [0, 0.1) is 0 Å². The minimum Gasteiger partial charge on any atom is -0.484 e. The fraction of sp³-hybridized carbons (Fsp3) is 0.417. The van der Waals surface area contributed by atoms with E-state index in [0.717, 1.165) is 31.5 Å². The Morgan fingerprint density at radius 1 is 0.900 bits per heavy atom. The number of carbonyl (C=O) groups is 2. The summed E-state index contributed by atoms with van der Waals surface area (Å²) in [5.41, 5.74) is 1.69. The zero-order valence-electron chi connectivity index (χ0n) is 17.2. The number of ether oxygens (including phenoxy) is 2. The summed E-state index contributed by atoms with van der Waals surface area (Å²) in [6.07, 6.45) is 3.21. The zero-order valence-corrected chi connectivity index (χ0v) is 17.2. The standard InChI is InChI=1S/C24H28N2O4/c27-23(25-13-5-2-6-14-25)18-30-21-11-9-20(10-12-21)24(28)26-15-16-29-22(17-26)19-7-3-1-4-8-19/h1,3-4,7-12,22H,2,5-6,13-18H2. The Labute approximate surface area is 177 Å². The van der Waals surface area contributed by atoms with E-state index >= 15 is 0 Å². The van der Waals surface area contributed by atoms with Crippen molar-refractivity contribution in [1.82, 2.24) is 9.80 Å². The van der Waals surface area contributed by atoms with Crippen molar-refractivity contribution >= 4 is 11.8 Å². The second-order valence-electron chi connectivity index (χ2n) is 7.78. The van der Waals surface area contributed by atoms with Gasteiger partial charge in [0.1, 0.15) is 11.9 Å². The third-order valence-corrected chi connectivity index (χ3v) is 5.70. The highest BCUT2D eigenvalue weighted by molar-refractivity contribution is 5.94. The average molecular weight is 408 g/mol. The van der Waals surface area contributed by atoms with E-state index in [1.807, 2.05) is 40.1 Å². The molecule has 0 aliphatic carbocycles. The smallest absolute Gasteiger partial charge is 0.260 e. The molecule has 30 heavy (non-hydrogen) atoms. The number of hydrogen-bond donors (Lipinski definition) is 0. The average Bonchev–Trinajstić information content (AvgIpc) is 2.83. The van der Waals surface area contributed by atoms with E-state index in [1.54, 1.807) is 24.3 Å². The van der Waals surface area contributed by atoms with E-state index in [-0.39, 0.29) is 24.5 Å². The molecule has 2 aliphatic rings. The molecule has 2 aromatic rings. The summed E-state index contributed by atoms with van der Waals surface area (Å²) in [6, 6.07) is 17.0. The van der Waals surface area contributed by atoms with Gasteiger partial charge in [0.2, 0.25) is 0 Å². The van der Waals surface area contributed by atoms with Gasteiger partial charge in [0.05, 0.1) is 13.2 Å². The molecule has 158 valence electrons. The van der Waals surface area contributed by atoms with Crippen molar-refractivity contribution in [3.63, 3.8) is 0 Å². The number of likely N-dealkylation sites (tertiary alicyclic amines) is 1. The molecule has 2 fully saturated rings. The van der Waals surface area contributed by atoms with Crippen molar-refractivity contribution in [1.29, 1.82) is 0 Å². The molecule has 6 nitrogen and oxygen atoms in total. The molecule has 2 aliphatic heterocycles. The maximum atomic E-state index is 12.9. The first kappa shape index (κ1) is 20.4. The van der Waals surface area contributed by atoms with Crippen LogP contribution in [-0.4, -0.2) is 61.0 Å². The maximum Gasteiger partial charge on any atom is 0.260 e. The van der Waals surface area contributed by atoms with E-state index in [0.29, 0.717) is 31.0 Å². The van der Waals surface area contributed by atoms with E-state index < -0.39 is 0 Å². The van der Waals surface area contributed by atoms with Gasteiger partial charge in [0.15, 0.2) is 6.61 Å². The van der Waals surface area contributed by atoms with E-state index in [2.05, 4.69) is 0 Å². The van der Waals surface area contributed by atoms with Gasteiger partial charge in [-0.1, -0.05) is 30.3 Å². The lowest BCUT2D eigenvalue weighted by atomic mass is 10.1. The molecule has 4 rings (SSSR count). The number of nitrogens with zero attached hydrogens (tertiary/aromatic N) is 2. The van der Waals surface area contributed by atoms with Crippen LogP contribution in [0.2, 0.25) is 0 Å². The van der Waals surface area contributed by atoms with Crippen LogP contribution in [0.4, 0.5) is 0 Å². The molecule has 0 N–H and O–H groups in total. The Morgan fingerprint density at radius 3 is 2.37 bits per heavy atom. The van der Waals surface area contributed by atoms with Gasteiger partial charge >= 0.3 is 0 Å². The summed E-state index contributed by atoms with van der Waals surface area (Å²) >= 11 is 0. The molecule has 0 aromatic heterocycles. The third-order valence-electron chi connectivity index (χ3n) is 5.70. The van der Waals surface area contributed by atoms with Crippen LogP contribution in [0.25, 0.3) is 0 Å². The number of morpholine rings is 1. The van der Waals surface area contributed by atoms with Gasteiger partial charge in [-0.05, 0) is 49.1 Å². The molecule has 2 amide bonds. The fourth-order valence-corrected chi connectivity index (χ4v) is 3.96. The Balaban J connectivity index is 1.32. The first-order chi connectivity index (χ1) is 14.7. The first-order valence-corrected chi connectivity index (χ1v) is 10.7. The summed E-state index contributed by atoms with van der Waals surface area (Å²) in [5.74, 6) is 0.603. The summed E-state index contributed by atoms with van der Waals surface area (Å²) in [4.78, 5) is 28.9. The summed E-state index contributed by atoms with van der Waals surface area (Å²) in [6.45, 7) is 3.30. The third kappa shape index (κ3) is 5.00. The number of piperidine rings is 1. The fourth-order valence-electron chi connectivity index (χ4n) is 3.96. The molecule has 1 unspecified atom stereocenters. The van der Waals surface area contributed by atoms with Gasteiger partial charge < -0.3 is 19.3 Å². The van der Waals surface area contributed by atoms with Crippen LogP contribution in [0.1, 0.15) is 41.3 Å². The Bertz CT molecular complexity index is 847. The van der Waals surface area contributed by atoms with Crippen molar-refractivity contribution in [2.75, 3.05) is 39.4 Å². The molecule has 2 aromatic carbocycles. The molecule has 0 saturated carbocycles. The molecular formula is C24H28N2O4. The summed E-state index contributed by atoms with van der Waals surface area (Å²) in [7, 11) is 0. The molecule has 2 saturated heterocycles. The normalized spacial score (nSPS) is 19.4. The lowest BCUT2D eigenvalue weighted by Crippen LogP contribution is -2.42. The number of carbonyl (C=O) groups excluding carboxylic acids is 2. The van der Waals surface area contributed by atoms with Gasteiger partial charge in [0.25, 0.3) is 11.8 Å². The highest BCUT2D eigenvalue weighted by Crippen LogP contribution is 2.23. The molecule has 0 radical (unpaired) electrons. The second kappa shape index (κ2) is 9.76. The monoisotopic (exact) mass is 408 g/mol. The molecule has 1 atom stereocenters. The van der Waals surface area contributed by atoms with E-state index in [1.165, 1.54) is 6.42 Å². The zero-order chi connectivity index (χ0) is 20.8. The minimum absolute atomic E-state index is 0.0184. The van der Waals surface area contributed by atoms with Crippen LogP contribution >= 0.6 is 0 Å². The van der Waals surface area contributed by atoms with Crippen molar-refractivity contribution in [3.8, 4) is 5.75 Å². The largest absolute Gasteiger partial charge is 0.484 e. The van der Waals surface area contributed by atoms with Gasteiger partial charge in [-0.2, -0.15) is 0 Å². The number of rotatable bonds is 5. The van der Waals surface area contributed by atoms with Crippen molar-refractivity contribution < 1.29 is 19.1 Å². The summed E-state index contributed by atoms with van der Waals surface area (Å²) < 4.78 is 11.5. The Hall–Kier alpha value is -2.86. The van der Waals surface area contributed by atoms with Gasteiger partial charge in [0, 0.05) is 25.2 Å². The van der Waals surface area contributed by atoms with E-state index in [9.17, 15) is 9.59 Å². The van der Waals surface area contributed by atoms with Crippen LogP contribution in [0.15, 0.2) is 54.6 Å². The van der Waals surface area contributed by atoms with Gasteiger partial charge in [-0.15, -0.1) is 0 Å². The number of amides is 2. The lowest BCUT2D eigenvalue weighted by Gasteiger charge is -2.33. The van der Waals surface area contributed by atoms with Crippen molar-refractivity contribution in [3.05, 3.63) is 65.7 Å². The Morgan fingerprint density at radius 2 is 1.63 bits per heavy atom. The highest BCUT2D eigenvalue weighted by atomic mass is 16.5. The predicted octanol–water partition coefficient (Wildman–Crippen LogP) is 3.29. The van der Waals surface area contributed by atoms with Crippen LogP contribution in [0.3, 0.4) is 0 Å². The minimum atomic E-state index is -0.104. The van der Waals surface area contributed by atoms with Crippen molar-refractivity contribution in [2.24, 2.45) is 0 Å². The predicted molar refractivity (Wildman–Crippen MR) is 113 cm³/mol. The van der Waals surface area contributed by atoms with Crippen LogP contribution in [-0.2, 0) is 9.53 Å². The quantitative estimate of drug-likeness (QED) is 0.762. The molecule has 0 bridgehead atoms. The number of hydrogen-bond acceptors (Lipinski definition) is 4. The molecule has 6 heteroatoms. The number of benzene rings is 2. The molecule has 2 heterocycles. The van der Waals surface area contributed by atoms with Gasteiger partial charge in [-0.25, -0.2) is 0 Å². The van der Waals surface area contributed by atoms with Crippen molar-refractivity contribution in [2.45, 2.75) is 25.4 Å². The molecular weight excluding hydrogens is 380 g/mol. The van der Waals surface area contributed by atoms with E-state index in [4.69, 9.17) is 9.47 Å². The highest BCUT2D eigenvalue weighted by Gasteiger charge is 2.26. The molecule has 0 spiro atoms. The van der Waals surface area contributed by atoms with Crippen LogP contribution < -0.4 is 4.74 Å². The van der Waals surface area contributed by atoms with Gasteiger partial charge in [-0.3, -0.25) is 9.59 Å². The Kier molecular flexibility index (Phi) is 6.64.